The van der Waals surface area contributed by atoms with Gasteiger partial charge < -0.3 is 19.5 Å². The Morgan fingerprint density at radius 3 is 2.28 bits per heavy atom. The van der Waals surface area contributed by atoms with Crippen LogP contribution in [0.1, 0.15) is 18.1 Å². The van der Waals surface area contributed by atoms with E-state index in [9.17, 15) is 9.59 Å². The van der Waals surface area contributed by atoms with Gasteiger partial charge in [0.05, 0.1) is 28.9 Å². The van der Waals surface area contributed by atoms with E-state index in [1.54, 1.807) is 43.5 Å². The smallest absolute Gasteiger partial charge is 0.329 e. The fraction of sp³-hybridized carbons (Fsp3) is 0.160. The number of rotatable bonds is 9. The molecule has 0 spiro atoms. The molecule has 0 aliphatic carbocycles. The quantitative estimate of drug-likeness (QED) is 0.163. The number of methoxy groups -OCH3 is 1. The number of carbonyl (C=O) groups is 2. The van der Waals surface area contributed by atoms with Gasteiger partial charge in [0.2, 0.25) is 0 Å². The lowest BCUT2D eigenvalue weighted by Gasteiger charge is -2.13. The van der Waals surface area contributed by atoms with Gasteiger partial charge in [-0.3, -0.25) is 9.59 Å². The van der Waals surface area contributed by atoms with Gasteiger partial charge in [-0.25, -0.2) is 5.43 Å². The third-order valence-corrected chi connectivity index (χ3v) is 6.28. The van der Waals surface area contributed by atoms with E-state index in [0.29, 0.717) is 35.1 Å². The molecule has 0 aromatic heterocycles. The zero-order chi connectivity index (χ0) is 26.1. The maximum atomic E-state index is 12.1. The van der Waals surface area contributed by atoms with E-state index in [0.717, 1.165) is 19.0 Å². The fourth-order valence-electron chi connectivity index (χ4n) is 3.01. The predicted octanol–water partition coefficient (Wildman–Crippen LogP) is 6.05. The first-order valence-corrected chi connectivity index (χ1v) is 13.0. The van der Waals surface area contributed by atoms with Crippen molar-refractivity contribution in [2.45, 2.75) is 13.5 Å². The second kappa shape index (κ2) is 13.4. The highest BCUT2D eigenvalue weighted by atomic mass is 79.9. The molecule has 3 aromatic carbocycles. The second-order valence-corrected chi connectivity index (χ2v) is 9.79. The van der Waals surface area contributed by atoms with Crippen LogP contribution in [0.3, 0.4) is 0 Å². The van der Waals surface area contributed by atoms with E-state index in [-0.39, 0.29) is 6.61 Å². The Kier molecular flexibility index (Phi) is 10.3. The van der Waals surface area contributed by atoms with Crippen LogP contribution in [0.4, 0.5) is 5.69 Å². The van der Waals surface area contributed by atoms with Crippen LogP contribution in [0.5, 0.6) is 17.2 Å². The molecule has 0 unspecified atom stereocenters. The SMILES string of the molecule is CCOc1ccc(NC(=O)C(=O)N/N=C/c2ccc(OC)c(COc3c(Br)cc(Br)cc3Br)c2)cc1. The van der Waals surface area contributed by atoms with E-state index in [1.807, 2.05) is 25.1 Å². The average molecular weight is 684 g/mol. The topological polar surface area (TPSA) is 98.2 Å². The molecule has 11 heteroatoms. The van der Waals surface area contributed by atoms with E-state index in [2.05, 4.69) is 63.6 Å². The molecule has 188 valence electrons. The maximum Gasteiger partial charge on any atom is 0.329 e. The van der Waals surface area contributed by atoms with Gasteiger partial charge in [0.1, 0.15) is 23.9 Å². The van der Waals surface area contributed by atoms with E-state index in [1.165, 1.54) is 6.21 Å². The number of amides is 2. The van der Waals surface area contributed by atoms with Gasteiger partial charge in [-0.1, -0.05) is 15.9 Å². The number of nitrogens with one attached hydrogen (secondary N) is 2. The van der Waals surface area contributed by atoms with E-state index >= 15 is 0 Å². The van der Waals surface area contributed by atoms with Crippen molar-refractivity contribution in [3.05, 3.63) is 79.1 Å². The van der Waals surface area contributed by atoms with Crippen LogP contribution in [0.2, 0.25) is 0 Å². The molecular weight excluding hydrogens is 662 g/mol. The highest BCUT2D eigenvalue weighted by molar-refractivity contribution is 9.11. The summed E-state index contributed by atoms with van der Waals surface area (Å²) < 4.78 is 19.2. The van der Waals surface area contributed by atoms with Gasteiger partial charge >= 0.3 is 11.8 Å². The lowest BCUT2D eigenvalue weighted by molar-refractivity contribution is -0.136. The van der Waals surface area contributed by atoms with Crippen LogP contribution in [-0.4, -0.2) is 31.7 Å². The van der Waals surface area contributed by atoms with Gasteiger partial charge in [-0.15, -0.1) is 0 Å². The second-order valence-electron chi connectivity index (χ2n) is 7.17. The standard InChI is InChI=1S/C25H22Br3N3O5/c1-3-35-19-7-5-18(6-8-19)30-24(32)25(33)31-29-13-15-4-9-22(34-2)16(10-15)14-36-23-20(27)11-17(26)12-21(23)28/h4-13H,3,14H2,1-2H3,(H,30,32)(H,31,33)/b29-13+. The van der Waals surface area contributed by atoms with Crippen LogP contribution >= 0.6 is 47.8 Å². The van der Waals surface area contributed by atoms with E-state index < -0.39 is 11.8 Å². The van der Waals surface area contributed by atoms with Crippen LogP contribution in [0, 0.1) is 0 Å². The van der Waals surface area contributed by atoms with Gasteiger partial charge in [0.25, 0.3) is 0 Å². The first-order chi connectivity index (χ1) is 17.3. The number of hydrogen-bond donors (Lipinski definition) is 2. The van der Waals surface area contributed by atoms with Crippen LogP contribution < -0.4 is 25.0 Å². The maximum absolute atomic E-state index is 12.1. The van der Waals surface area contributed by atoms with Crippen molar-refractivity contribution in [1.29, 1.82) is 0 Å². The average Bonchev–Trinajstić information content (AvgIpc) is 2.84. The molecule has 0 bridgehead atoms. The van der Waals surface area contributed by atoms with Crippen LogP contribution in [0.25, 0.3) is 0 Å². The summed E-state index contributed by atoms with van der Waals surface area (Å²) in [6.45, 7) is 2.64. The summed E-state index contributed by atoms with van der Waals surface area (Å²) >= 11 is 10.4. The molecule has 0 saturated carbocycles. The summed E-state index contributed by atoms with van der Waals surface area (Å²) in [5.41, 5.74) is 4.13. The molecular formula is C25H22Br3N3O5. The van der Waals surface area contributed by atoms with Gasteiger partial charge in [-0.05, 0) is 98.9 Å². The normalized spacial score (nSPS) is 10.7. The molecule has 0 aliphatic rings. The molecule has 36 heavy (non-hydrogen) atoms. The summed E-state index contributed by atoms with van der Waals surface area (Å²) in [5.74, 6) is 0.208. The van der Waals surface area contributed by atoms with Gasteiger partial charge in [-0.2, -0.15) is 5.10 Å². The summed E-state index contributed by atoms with van der Waals surface area (Å²) in [6.07, 6.45) is 1.43. The van der Waals surface area contributed by atoms with Crippen molar-refractivity contribution in [2.75, 3.05) is 19.0 Å². The van der Waals surface area contributed by atoms with Gasteiger partial charge in [0, 0.05) is 15.7 Å². The van der Waals surface area contributed by atoms with Crippen molar-refractivity contribution >= 4 is 71.5 Å². The number of ether oxygens (including phenoxy) is 3. The molecule has 0 aliphatic heterocycles. The first kappa shape index (κ1) is 27.7. The zero-order valence-corrected chi connectivity index (χ0v) is 24.1. The Bertz CT molecular complexity index is 1240. The molecule has 2 N–H and O–H groups in total. The highest BCUT2D eigenvalue weighted by Crippen LogP contribution is 2.37. The molecule has 2 amide bonds. The Balaban J connectivity index is 1.61. The number of hydrazone groups is 1. The first-order valence-electron chi connectivity index (χ1n) is 10.6. The number of nitrogens with zero attached hydrogens (tertiary/aromatic N) is 1. The minimum Gasteiger partial charge on any atom is -0.496 e. The third kappa shape index (κ3) is 7.81. The fourth-order valence-corrected chi connectivity index (χ4v) is 5.50. The van der Waals surface area contributed by atoms with E-state index in [4.69, 9.17) is 14.2 Å². The van der Waals surface area contributed by atoms with Crippen molar-refractivity contribution in [2.24, 2.45) is 5.10 Å². The van der Waals surface area contributed by atoms with Crippen molar-refractivity contribution in [1.82, 2.24) is 5.43 Å². The Morgan fingerprint density at radius 1 is 0.944 bits per heavy atom. The lowest BCUT2D eigenvalue weighted by Crippen LogP contribution is -2.32. The monoisotopic (exact) mass is 681 g/mol. The molecule has 0 heterocycles. The number of halogens is 3. The van der Waals surface area contributed by atoms with Crippen LogP contribution in [-0.2, 0) is 16.2 Å². The minimum absolute atomic E-state index is 0.223. The van der Waals surface area contributed by atoms with Crippen molar-refractivity contribution < 1.29 is 23.8 Å². The zero-order valence-electron chi connectivity index (χ0n) is 19.3. The Labute approximate surface area is 233 Å². The molecule has 8 nitrogen and oxygen atoms in total. The summed E-state index contributed by atoms with van der Waals surface area (Å²) in [7, 11) is 1.57. The molecule has 3 rings (SSSR count). The number of anilines is 1. The summed E-state index contributed by atoms with van der Waals surface area (Å²) in [6, 6.07) is 15.8. The van der Waals surface area contributed by atoms with Crippen molar-refractivity contribution in [3.63, 3.8) is 0 Å². The van der Waals surface area contributed by atoms with Gasteiger partial charge in [0.15, 0.2) is 0 Å². The third-order valence-electron chi connectivity index (χ3n) is 4.65. The number of benzene rings is 3. The van der Waals surface area contributed by atoms with Crippen LogP contribution in [0.15, 0.2) is 73.1 Å². The lowest BCUT2D eigenvalue weighted by atomic mass is 10.1. The molecule has 0 radical (unpaired) electrons. The Hall–Kier alpha value is -2.89. The predicted molar refractivity (Wildman–Crippen MR) is 149 cm³/mol. The Morgan fingerprint density at radius 2 is 1.64 bits per heavy atom. The highest BCUT2D eigenvalue weighted by Gasteiger charge is 2.14. The molecule has 0 fully saturated rings. The largest absolute Gasteiger partial charge is 0.496 e. The number of carbonyl (C=O) groups excluding carboxylic acids is 2. The molecule has 0 atom stereocenters. The molecule has 3 aromatic rings. The summed E-state index contributed by atoms with van der Waals surface area (Å²) in [5, 5.41) is 6.39. The van der Waals surface area contributed by atoms with Crippen molar-refractivity contribution in [3.8, 4) is 17.2 Å². The minimum atomic E-state index is -0.901. The number of hydrogen-bond acceptors (Lipinski definition) is 6. The summed E-state index contributed by atoms with van der Waals surface area (Å²) in [4.78, 5) is 24.2. The molecule has 0 saturated heterocycles.